The fourth-order valence-corrected chi connectivity index (χ4v) is 1.32. The van der Waals surface area contributed by atoms with Gasteiger partial charge in [-0.25, -0.2) is 9.78 Å². The van der Waals surface area contributed by atoms with Gasteiger partial charge < -0.3 is 4.98 Å². The minimum absolute atomic E-state index is 0. The third-order valence-electron chi connectivity index (χ3n) is 2.02. The molecule has 86 valence electrons. The first kappa shape index (κ1) is 12.7. The van der Waals surface area contributed by atoms with Crippen molar-refractivity contribution in [1.29, 1.82) is 5.26 Å². The number of nitriles is 1. The first-order valence-electron chi connectivity index (χ1n) is 4.40. The van der Waals surface area contributed by atoms with Crippen molar-refractivity contribution in [1.82, 2.24) is 15.0 Å². The van der Waals surface area contributed by atoms with Gasteiger partial charge in [-0.3, -0.25) is 9.78 Å². The highest BCUT2D eigenvalue weighted by atomic mass is 35.5. The molecule has 0 spiro atoms. The second-order valence-electron chi connectivity index (χ2n) is 3.00. The van der Waals surface area contributed by atoms with Crippen LogP contribution in [0.5, 0.6) is 0 Å². The molecule has 2 heterocycles. The van der Waals surface area contributed by atoms with Crippen molar-refractivity contribution in [2.75, 3.05) is 0 Å². The lowest BCUT2D eigenvalue weighted by atomic mass is 10.1. The molecule has 0 aromatic carbocycles. The van der Waals surface area contributed by atoms with Crippen LogP contribution in [-0.2, 0) is 0 Å². The first-order chi connectivity index (χ1) is 7.72. The zero-order valence-corrected chi connectivity index (χ0v) is 9.25. The lowest BCUT2D eigenvalue weighted by Gasteiger charge is -2.00. The summed E-state index contributed by atoms with van der Waals surface area (Å²) >= 11 is 0. The van der Waals surface area contributed by atoms with Crippen LogP contribution in [0, 0.1) is 11.3 Å². The van der Waals surface area contributed by atoms with Crippen molar-refractivity contribution < 1.29 is 0 Å². The molecule has 2 rings (SSSR count). The van der Waals surface area contributed by atoms with Crippen molar-refractivity contribution in [3.05, 3.63) is 51.1 Å². The zero-order valence-electron chi connectivity index (χ0n) is 8.43. The summed E-state index contributed by atoms with van der Waals surface area (Å²) < 4.78 is 0. The van der Waals surface area contributed by atoms with Crippen molar-refractivity contribution in [3.63, 3.8) is 0 Å². The van der Waals surface area contributed by atoms with Crippen LogP contribution in [0.25, 0.3) is 11.1 Å². The van der Waals surface area contributed by atoms with E-state index in [-0.39, 0.29) is 23.7 Å². The number of hydrogen-bond acceptors (Lipinski definition) is 4. The number of halogens is 1. The Labute approximate surface area is 101 Å². The molecule has 0 unspecified atom stereocenters. The van der Waals surface area contributed by atoms with Gasteiger partial charge in [-0.15, -0.1) is 12.4 Å². The highest BCUT2D eigenvalue weighted by Gasteiger charge is 2.09. The number of rotatable bonds is 1. The molecule has 2 N–H and O–H groups in total. The summed E-state index contributed by atoms with van der Waals surface area (Å²) in [6.45, 7) is 0. The molecule has 7 heteroatoms. The van der Waals surface area contributed by atoms with Gasteiger partial charge in [0.05, 0.1) is 5.56 Å². The van der Waals surface area contributed by atoms with Gasteiger partial charge in [-0.05, 0) is 12.1 Å². The monoisotopic (exact) mass is 250 g/mol. The molecule has 0 saturated heterocycles. The van der Waals surface area contributed by atoms with Crippen LogP contribution in [0.4, 0.5) is 0 Å². The summed E-state index contributed by atoms with van der Waals surface area (Å²) in [6, 6.07) is 5.08. The van der Waals surface area contributed by atoms with Crippen LogP contribution in [0.3, 0.4) is 0 Å². The van der Waals surface area contributed by atoms with Crippen LogP contribution < -0.4 is 11.2 Å². The molecule has 0 aliphatic rings. The van der Waals surface area contributed by atoms with Gasteiger partial charge in [0.15, 0.2) is 0 Å². The van der Waals surface area contributed by atoms with Crippen molar-refractivity contribution in [3.8, 4) is 17.2 Å². The predicted molar refractivity (Wildman–Crippen MR) is 62.9 cm³/mol. The normalized spacial score (nSPS) is 9.12. The number of hydrogen-bond donors (Lipinski definition) is 2. The van der Waals surface area contributed by atoms with E-state index in [2.05, 4.69) is 15.0 Å². The van der Waals surface area contributed by atoms with E-state index in [4.69, 9.17) is 5.26 Å². The third kappa shape index (κ3) is 2.41. The average Bonchev–Trinajstić information content (AvgIpc) is 2.29. The molecule has 0 amide bonds. The Bertz CT molecular complexity index is 683. The van der Waals surface area contributed by atoms with E-state index in [0.29, 0.717) is 5.56 Å². The summed E-state index contributed by atoms with van der Waals surface area (Å²) in [5.41, 5.74) is -0.392. The third-order valence-corrected chi connectivity index (χ3v) is 2.02. The van der Waals surface area contributed by atoms with E-state index in [0.717, 1.165) is 0 Å². The molecule has 0 aliphatic heterocycles. The van der Waals surface area contributed by atoms with Crippen molar-refractivity contribution in [2.45, 2.75) is 0 Å². The maximum Gasteiger partial charge on any atom is 0.325 e. The second kappa shape index (κ2) is 5.09. The molecule has 0 radical (unpaired) electrons. The van der Waals surface area contributed by atoms with Crippen LogP contribution in [0.15, 0.2) is 34.1 Å². The Morgan fingerprint density at radius 3 is 2.71 bits per heavy atom. The molecule has 0 saturated carbocycles. The lowest BCUT2D eigenvalue weighted by Crippen LogP contribution is -2.22. The summed E-state index contributed by atoms with van der Waals surface area (Å²) in [5, 5.41) is 8.83. The van der Waals surface area contributed by atoms with E-state index in [1.165, 1.54) is 12.4 Å². The molecule has 0 atom stereocenters. The molecule has 0 fully saturated rings. The van der Waals surface area contributed by atoms with Gasteiger partial charge in [0, 0.05) is 18.0 Å². The number of H-pyrrole nitrogens is 2. The number of aromatic amines is 2. The maximum atomic E-state index is 11.5. The summed E-state index contributed by atoms with van der Waals surface area (Å²) in [5.74, 6) is 0. The number of nitrogens with one attached hydrogen (secondary N) is 2. The Balaban J connectivity index is 0.00000144. The summed E-state index contributed by atoms with van der Waals surface area (Å²) in [4.78, 5) is 30.6. The molecule has 17 heavy (non-hydrogen) atoms. The highest BCUT2D eigenvalue weighted by molar-refractivity contribution is 5.85. The summed E-state index contributed by atoms with van der Waals surface area (Å²) in [7, 11) is 0. The van der Waals surface area contributed by atoms with Gasteiger partial charge >= 0.3 is 5.69 Å². The fraction of sp³-hybridized carbons (Fsp3) is 0. The largest absolute Gasteiger partial charge is 0.325 e. The molecule has 2 aromatic rings. The van der Waals surface area contributed by atoms with E-state index in [1.54, 1.807) is 12.1 Å². The minimum atomic E-state index is -0.587. The standard InChI is InChI=1S/C10H6N4O2.ClH/c11-4-8-6(2-1-3-12-8)7-5-13-10(16)14-9(7)15;/h1-3,5H,(H2,13,14,15,16);1H. The molecular weight excluding hydrogens is 244 g/mol. The fourth-order valence-electron chi connectivity index (χ4n) is 1.32. The molecular formula is C10H7ClN4O2. The van der Waals surface area contributed by atoms with Gasteiger partial charge in [0.2, 0.25) is 0 Å². The topological polar surface area (TPSA) is 102 Å². The molecule has 2 aromatic heterocycles. The number of nitrogens with zero attached hydrogens (tertiary/aromatic N) is 2. The van der Waals surface area contributed by atoms with E-state index < -0.39 is 11.2 Å². The minimum Gasteiger partial charge on any atom is -0.313 e. The Hall–Kier alpha value is -2.39. The lowest BCUT2D eigenvalue weighted by molar-refractivity contribution is 1.04. The zero-order chi connectivity index (χ0) is 11.5. The predicted octanol–water partition coefficient (Wildman–Crippen LogP) is 0.419. The van der Waals surface area contributed by atoms with Crippen LogP contribution >= 0.6 is 12.4 Å². The molecule has 6 nitrogen and oxygen atoms in total. The molecule has 0 bridgehead atoms. The van der Waals surface area contributed by atoms with Gasteiger partial charge in [-0.2, -0.15) is 5.26 Å². The number of pyridine rings is 1. The van der Waals surface area contributed by atoms with E-state index >= 15 is 0 Å². The Morgan fingerprint density at radius 1 is 1.29 bits per heavy atom. The first-order valence-corrected chi connectivity index (χ1v) is 4.40. The highest BCUT2D eigenvalue weighted by Crippen LogP contribution is 2.15. The summed E-state index contributed by atoms with van der Waals surface area (Å²) in [6.07, 6.45) is 2.72. The van der Waals surface area contributed by atoms with E-state index in [1.807, 2.05) is 6.07 Å². The van der Waals surface area contributed by atoms with Crippen LogP contribution in [-0.4, -0.2) is 15.0 Å². The molecule has 0 aliphatic carbocycles. The average molecular weight is 251 g/mol. The smallest absolute Gasteiger partial charge is 0.313 e. The van der Waals surface area contributed by atoms with E-state index in [9.17, 15) is 9.59 Å². The SMILES string of the molecule is Cl.N#Cc1ncccc1-c1c[nH]c(=O)[nH]c1=O. The Morgan fingerprint density at radius 2 is 2.06 bits per heavy atom. The van der Waals surface area contributed by atoms with Crippen LogP contribution in [0.1, 0.15) is 5.69 Å². The maximum absolute atomic E-state index is 11.5. The van der Waals surface area contributed by atoms with Crippen molar-refractivity contribution >= 4 is 12.4 Å². The van der Waals surface area contributed by atoms with Crippen LogP contribution in [0.2, 0.25) is 0 Å². The quantitative estimate of drug-likeness (QED) is 0.765. The number of aromatic nitrogens is 3. The van der Waals surface area contributed by atoms with Crippen molar-refractivity contribution in [2.24, 2.45) is 0 Å². The van der Waals surface area contributed by atoms with Gasteiger partial charge in [0.1, 0.15) is 11.8 Å². The van der Waals surface area contributed by atoms with Gasteiger partial charge in [-0.1, -0.05) is 0 Å². The van der Waals surface area contributed by atoms with Gasteiger partial charge in [0.25, 0.3) is 5.56 Å². The second-order valence-corrected chi connectivity index (χ2v) is 3.00. The Kier molecular flexibility index (Phi) is 3.80.